The van der Waals surface area contributed by atoms with Crippen molar-refractivity contribution >= 4 is 23.3 Å². The van der Waals surface area contributed by atoms with Gasteiger partial charge < -0.3 is 20.3 Å². The summed E-state index contributed by atoms with van der Waals surface area (Å²) in [7, 11) is 1.56. The molecule has 6 heteroatoms. The van der Waals surface area contributed by atoms with Gasteiger partial charge in [-0.2, -0.15) is 0 Å². The van der Waals surface area contributed by atoms with Crippen LogP contribution in [0.5, 0.6) is 5.75 Å². The highest BCUT2D eigenvalue weighted by Crippen LogP contribution is 2.33. The number of carbonyl (C=O) groups excluding carboxylic acids is 2. The maximum absolute atomic E-state index is 12.1. The number of hydrogen-bond donors (Lipinski definition) is 2. The molecule has 2 aromatic carbocycles. The van der Waals surface area contributed by atoms with Crippen LogP contribution in [0.25, 0.3) is 0 Å². The third-order valence-electron chi connectivity index (χ3n) is 4.34. The molecule has 0 spiro atoms. The lowest BCUT2D eigenvalue weighted by molar-refractivity contribution is -0.117. The van der Waals surface area contributed by atoms with Crippen LogP contribution in [0.4, 0.5) is 16.2 Å². The Bertz CT molecular complexity index is 777. The van der Waals surface area contributed by atoms with Crippen molar-refractivity contribution in [3.63, 3.8) is 0 Å². The fraction of sp³-hybridized carbons (Fsp3) is 0.300. The minimum Gasteiger partial charge on any atom is -0.494 e. The zero-order valence-corrected chi connectivity index (χ0v) is 14.8. The summed E-state index contributed by atoms with van der Waals surface area (Å²) < 4.78 is 5.40. The quantitative estimate of drug-likeness (QED) is 0.838. The van der Waals surface area contributed by atoms with E-state index in [0.717, 1.165) is 18.5 Å². The molecule has 6 nitrogen and oxygen atoms in total. The van der Waals surface area contributed by atoms with Gasteiger partial charge in [-0.1, -0.05) is 30.3 Å². The van der Waals surface area contributed by atoms with Crippen LogP contribution in [-0.2, 0) is 11.2 Å². The Balaban J connectivity index is 1.57. The predicted molar refractivity (Wildman–Crippen MR) is 102 cm³/mol. The maximum Gasteiger partial charge on any atom is 0.319 e. The maximum atomic E-state index is 12.1. The summed E-state index contributed by atoms with van der Waals surface area (Å²) in [6.45, 7) is 1.25. The monoisotopic (exact) mass is 353 g/mol. The Morgan fingerprint density at radius 2 is 2.00 bits per heavy atom. The first-order valence-electron chi connectivity index (χ1n) is 8.74. The second-order valence-corrected chi connectivity index (χ2v) is 6.15. The van der Waals surface area contributed by atoms with Gasteiger partial charge in [-0.25, -0.2) is 4.79 Å². The second kappa shape index (κ2) is 8.38. The molecule has 1 aliphatic heterocycles. The Labute approximate surface area is 153 Å². The topological polar surface area (TPSA) is 70.7 Å². The fourth-order valence-corrected chi connectivity index (χ4v) is 3.02. The van der Waals surface area contributed by atoms with E-state index in [2.05, 4.69) is 10.6 Å². The summed E-state index contributed by atoms with van der Waals surface area (Å²) in [4.78, 5) is 25.7. The lowest BCUT2D eigenvalue weighted by atomic mass is 10.1. The molecule has 0 atom stereocenters. The number of urea groups is 1. The molecule has 0 radical (unpaired) electrons. The van der Waals surface area contributed by atoms with E-state index in [4.69, 9.17) is 4.74 Å². The molecule has 0 saturated carbocycles. The van der Waals surface area contributed by atoms with Gasteiger partial charge in [0.15, 0.2) is 0 Å². The Morgan fingerprint density at radius 3 is 2.69 bits per heavy atom. The molecule has 0 unspecified atom stereocenters. The highest BCUT2D eigenvalue weighted by molar-refractivity contribution is 5.97. The van der Waals surface area contributed by atoms with Gasteiger partial charge in [0.1, 0.15) is 5.75 Å². The van der Waals surface area contributed by atoms with Crippen molar-refractivity contribution in [2.75, 3.05) is 30.4 Å². The summed E-state index contributed by atoms with van der Waals surface area (Å²) in [6, 6.07) is 15.0. The molecule has 26 heavy (non-hydrogen) atoms. The molecular formula is C20H23N3O3. The Hall–Kier alpha value is -3.02. The van der Waals surface area contributed by atoms with Gasteiger partial charge in [-0.15, -0.1) is 0 Å². The van der Waals surface area contributed by atoms with Crippen LogP contribution >= 0.6 is 0 Å². The Morgan fingerprint density at radius 1 is 1.19 bits per heavy atom. The van der Waals surface area contributed by atoms with E-state index in [1.54, 1.807) is 24.1 Å². The van der Waals surface area contributed by atoms with Crippen molar-refractivity contribution in [1.29, 1.82) is 0 Å². The third-order valence-corrected chi connectivity index (χ3v) is 4.34. The summed E-state index contributed by atoms with van der Waals surface area (Å²) in [5.41, 5.74) is 2.54. The van der Waals surface area contributed by atoms with Gasteiger partial charge in [-0.3, -0.25) is 4.79 Å². The van der Waals surface area contributed by atoms with E-state index in [9.17, 15) is 9.59 Å². The minimum absolute atomic E-state index is 0.0997. The van der Waals surface area contributed by atoms with Crippen molar-refractivity contribution < 1.29 is 14.3 Å². The van der Waals surface area contributed by atoms with Crippen molar-refractivity contribution in [3.8, 4) is 5.75 Å². The van der Waals surface area contributed by atoms with Crippen LogP contribution in [0.15, 0.2) is 48.5 Å². The molecular weight excluding hydrogens is 330 g/mol. The van der Waals surface area contributed by atoms with Gasteiger partial charge in [0.25, 0.3) is 0 Å². The number of nitrogens with one attached hydrogen (secondary N) is 2. The number of hydrogen-bond acceptors (Lipinski definition) is 3. The molecule has 0 aromatic heterocycles. The highest BCUT2D eigenvalue weighted by atomic mass is 16.5. The van der Waals surface area contributed by atoms with Crippen LogP contribution in [0.3, 0.4) is 0 Å². The highest BCUT2D eigenvalue weighted by Gasteiger charge is 2.24. The average Bonchev–Trinajstić information content (AvgIpc) is 3.08. The van der Waals surface area contributed by atoms with E-state index in [1.165, 1.54) is 5.56 Å². The standard InChI is InChI=1S/C20H23N3O3/c1-26-18-14-16(9-10-17(18)23-13-5-8-19(23)24)22-20(25)21-12-11-15-6-3-2-4-7-15/h2-4,6-7,9-10,14H,5,8,11-13H2,1H3,(H2,21,22,25). The lowest BCUT2D eigenvalue weighted by Gasteiger charge is -2.19. The average molecular weight is 353 g/mol. The largest absolute Gasteiger partial charge is 0.494 e. The SMILES string of the molecule is COc1cc(NC(=O)NCCc2ccccc2)ccc1N1CCCC1=O. The molecule has 0 bridgehead atoms. The van der Waals surface area contributed by atoms with Gasteiger partial charge in [0.05, 0.1) is 12.8 Å². The molecule has 1 heterocycles. The zero-order chi connectivity index (χ0) is 18.4. The molecule has 136 valence electrons. The normalized spacial score (nSPS) is 13.6. The molecule has 1 saturated heterocycles. The number of carbonyl (C=O) groups is 2. The fourth-order valence-electron chi connectivity index (χ4n) is 3.02. The molecule has 2 N–H and O–H groups in total. The summed E-state index contributed by atoms with van der Waals surface area (Å²) in [5.74, 6) is 0.671. The van der Waals surface area contributed by atoms with Crippen LogP contribution < -0.4 is 20.3 Å². The summed E-state index contributed by atoms with van der Waals surface area (Å²) >= 11 is 0. The molecule has 0 aliphatic carbocycles. The van der Waals surface area contributed by atoms with Crippen molar-refractivity contribution in [2.45, 2.75) is 19.3 Å². The minimum atomic E-state index is -0.270. The second-order valence-electron chi connectivity index (χ2n) is 6.15. The van der Waals surface area contributed by atoms with Crippen molar-refractivity contribution in [2.24, 2.45) is 0 Å². The van der Waals surface area contributed by atoms with Crippen LogP contribution in [-0.4, -0.2) is 32.1 Å². The molecule has 1 aliphatic rings. The first kappa shape index (κ1) is 17.8. The van der Waals surface area contributed by atoms with Gasteiger partial charge in [0, 0.05) is 31.3 Å². The molecule has 2 aromatic rings. The predicted octanol–water partition coefficient (Wildman–Crippen LogP) is 3.19. The first-order valence-corrected chi connectivity index (χ1v) is 8.74. The molecule has 3 amide bonds. The molecule has 1 fully saturated rings. The summed E-state index contributed by atoms with van der Waals surface area (Å²) in [5, 5.41) is 5.64. The number of anilines is 2. The van der Waals surface area contributed by atoms with Crippen molar-refractivity contribution in [3.05, 3.63) is 54.1 Å². The van der Waals surface area contributed by atoms with Crippen molar-refractivity contribution in [1.82, 2.24) is 5.32 Å². The first-order chi connectivity index (χ1) is 12.7. The van der Waals surface area contributed by atoms with Gasteiger partial charge >= 0.3 is 6.03 Å². The van der Waals surface area contributed by atoms with Gasteiger partial charge in [-0.05, 0) is 30.5 Å². The lowest BCUT2D eigenvalue weighted by Crippen LogP contribution is -2.30. The van der Waals surface area contributed by atoms with Crippen LogP contribution in [0.2, 0.25) is 0 Å². The van der Waals surface area contributed by atoms with E-state index < -0.39 is 0 Å². The molecule has 3 rings (SSSR count). The van der Waals surface area contributed by atoms with Gasteiger partial charge in [0.2, 0.25) is 5.91 Å². The third kappa shape index (κ3) is 4.33. The number of ether oxygens (including phenoxy) is 1. The zero-order valence-electron chi connectivity index (χ0n) is 14.8. The van der Waals surface area contributed by atoms with E-state index in [1.807, 2.05) is 36.4 Å². The van der Waals surface area contributed by atoms with E-state index in [0.29, 0.717) is 30.9 Å². The Kier molecular flexibility index (Phi) is 5.73. The number of benzene rings is 2. The number of methoxy groups -OCH3 is 1. The smallest absolute Gasteiger partial charge is 0.319 e. The van der Waals surface area contributed by atoms with E-state index in [-0.39, 0.29) is 11.9 Å². The van der Waals surface area contributed by atoms with Crippen LogP contribution in [0.1, 0.15) is 18.4 Å². The van der Waals surface area contributed by atoms with Crippen LogP contribution in [0, 0.1) is 0 Å². The number of rotatable bonds is 6. The number of amides is 3. The number of nitrogens with zero attached hydrogens (tertiary/aromatic N) is 1. The van der Waals surface area contributed by atoms with E-state index >= 15 is 0 Å². The summed E-state index contributed by atoms with van der Waals surface area (Å²) in [6.07, 6.45) is 2.19.